The summed E-state index contributed by atoms with van der Waals surface area (Å²) in [6.07, 6.45) is 3.73. The molecule has 0 aromatic carbocycles. The Morgan fingerprint density at radius 3 is 2.96 bits per heavy atom. The largest absolute Gasteiger partial charge is 0.354 e. The molecular weight excluding hydrogens is 352 g/mol. The first-order valence-corrected chi connectivity index (χ1v) is 8.44. The first kappa shape index (κ1) is 19.8. The van der Waals surface area contributed by atoms with Crippen molar-refractivity contribution in [1.82, 2.24) is 20.6 Å². The number of hydrogen-bond donors (Lipinski definition) is 2. The van der Waals surface area contributed by atoms with Crippen LogP contribution < -0.4 is 15.5 Å². The van der Waals surface area contributed by atoms with Crippen molar-refractivity contribution in [3.8, 4) is 0 Å². The molecule has 0 spiro atoms. The molecule has 2 saturated heterocycles. The predicted molar refractivity (Wildman–Crippen MR) is 93.4 cm³/mol. The molecule has 2 fully saturated rings. The fourth-order valence-electron chi connectivity index (χ4n) is 3.26. The van der Waals surface area contributed by atoms with Crippen LogP contribution in [0.4, 0.5) is 14.6 Å². The van der Waals surface area contributed by atoms with Crippen LogP contribution in [0.25, 0.3) is 0 Å². The molecule has 9 heteroatoms. The van der Waals surface area contributed by atoms with Gasteiger partial charge in [-0.2, -0.15) is 0 Å². The standard InChI is InChI=1S/C16H23F2N5O.ClH/c1-2-11-6-14(21-10-20-11)23-5-3-4-12(8-23)22-15(24)13-7-16(17,18)9-19-13;/h6,10,12-13,19H,2-5,7-9H2,1H3,(H,22,24);1H. The number of rotatable bonds is 4. The van der Waals surface area contributed by atoms with Gasteiger partial charge in [-0.1, -0.05) is 6.92 Å². The third kappa shape index (κ3) is 4.98. The fourth-order valence-corrected chi connectivity index (χ4v) is 3.26. The van der Waals surface area contributed by atoms with E-state index in [9.17, 15) is 13.6 Å². The van der Waals surface area contributed by atoms with E-state index >= 15 is 0 Å². The number of aromatic nitrogens is 2. The molecule has 2 unspecified atom stereocenters. The highest BCUT2D eigenvalue weighted by Gasteiger charge is 2.42. The lowest BCUT2D eigenvalue weighted by Gasteiger charge is -2.34. The summed E-state index contributed by atoms with van der Waals surface area (Å²) in [4.78, 5) is 22.8. The average Bonchev–Trinajstić information content (AvgIpc) is 2.95. The number of aryl methyl sites for hydroxylation is 1. The van der Waals surface area contributed by atoms with Gasteiger partial charge in [0.15, 0.2) is 0 Å². The van der Waals surface area contributed by atoms with Crippen molar-refractivity contribution in [2.24, 2.45) is 0 Å². The number of piperidine rings is 1. The molecule has 2 aliphatic heterocycles. The number of alkyl halides is 2. The highest BCUT2D eigenvalue weighted by atomic mass is 35.5. The monoisotopic (exact) mass is 375 g/mol. The molecule has 0 radical (unpaired) electrons. The molecule has 0 bridgehead atoms. The van der Waals surface area contributed by atoms with E-state index in [-0.39, 0.29) is 24.4 Å². The van der Waals surface area contributed by atoms with Crippen LogP contribution in [0.2, 0.25) is 0 Å². The molecule has 1 aromatic rings. The van der Waals surface area contributed by atoms with Crippen LogP contribution >= 0.6 is 12.4 Å². The molecule has 140 valence electrons. The maximum atomic E-state index is 13.2. The van der Waals surface area contributed by atoms with E-state index in [1.165, 1.54) is 0 Å². The lowest BCUT2D eigenvalue weighted by Crippen LogP contribution is -2.52. The number of carbonyl (C=O) groups is 1. The van der Waals surface area contributed by atoms with Crippen LogP contribution in [0.1, 0.15) is 31.9 Å². The van der Waals surface area contributed by atoms with Gasteiger partial charge in [-0.3, -0.25) is 10.1 Å². The van der Waals surface area contributed by atoms with Crippen molar-refractivity contribution in [1.29, 1.82) is 0 Å². The van der Waals surface area contributed by atoms with Gasteiger partial charge < -0.3 is 10.2 Å². The summed E-state index contributed by atoms with van der Waals surface area (Å²) >= 11 is 0. The minimum absolute atomic E-state index is 0. The summed E-state index contributed by atoms with van der Waals surface area (Å²) in [7, 11) is 0. The summed E-state index contributed by atoms with van der Waals surface area (Å²) in [5, 5.41) is 5.51. The molecular formula is C16H24ClF2N5O. The zero-order chi connectivity index (χ0) is 17.2. The lowest BCUT2D eigenvalue weighted by atomic mass is 10.0. The maximum Gasteiger partial charge on any atom is 0.262 e. The molecule has 0 aliphatic carbocycles. The Kier molecular flexibility index (Phi) is 6.51. The topological polar surface area (TPSA) is 70.2 Å². The predicted octanol–water partition coefficient (Wildman–Crippen LogP) is 1.54. The smallest absolute Gasteiger partial charge is 0.262 e. The van der Waals surface area contributed by atoms with Gasteiger partial charge in [0.05, 0.1) is 12.6 Å². The Hall–Kier alpha value is -1.54. The zero-order valence-electron chi connectivity index (χ0n) is 14.2. The van der Waals surface area contributed by atoms with E-state index in [0.717, 1.165) is 37.3 Å². The normalized spacial score (nSPS) is 25.3. The molecule has 2 aliphatic rings. The van der Waals surface area contributed by atoms with Crippen molar-refractivity contribution in [2.45, 2.75) is 50.6 Å². The van der Waals surface area contributed by atoms with Crippen LogP contribution in [0.5, 0.6) is 0 Å². The molecule has 3 rings (SSSR count). The van der Waals surface area contributed by atoms with Crippen molar-refractivity contribution in [2.75, 3.05) is 24.5 Å². The number of hydrogen-bond acceptors (Lipinski definition) is 5. The van der Waals surface area contributed by atoms with Gasteiger partial charge in [0.1, 0.15) is 12.1 Å². The Morgan fingerprint density at radius 1 is 1.48 bits per heavy atom. The van der Waals surface area contributed by atoms with Crippen molar-refractivity contribution >= 4 is 24.1 Å². The van der Waals surface area contributed by atoms with Gasteiger partial charge in [-0.05, 0) is 19.3 Å². The average molecular weight is 376 g/mol. The fraction of sp³-hybridized carbons (Fsp3) is 0.688. The third-order valence-electron chi connectivity index (χ3n) is 4.59. The molecule has 6 nitrogen and oxygen atoms in total. The summed E-state index contributed by atoms with van der Waals surface area (Å²) in [5.74, 6) is -2.28. The number of amides is 1. The second kappa shape index (κ2) is 8.23. The van der Waals surface area contributed by atoms with Crippen molar-refractivity contribution in [3.05, 3.63) is 18.1 Å². The quantitative estimate of drug-likeness (QED) is 0.835. The first-order chi connectivity index (χ1) is 11.5. The van der Waals surface area contributed by atoms with E-state index in [1.54, 1.807) is 6.33 Å². The second-order valence-electron chi connectivity index (χ2n) is 6.51. The van der Waals surface area contributed by atoms with Gasteiger partial charge >= 0.3 is 0 Å². The van der Waals surface area contributed by atoms with Gasteiger partial charge in [0.25, 0.3) is 5.92 Å². The SMILES string of the molecule is CCc1cc(N2CCCC(NC(=O)C3CC(F)(F)CN3)C2)ncn1.Cl. The number of halogens is 3. The lowest BCUT2D eigenvalue weighted by molar-refractivity contribution is -0.124. The molecule has 0 saturated carbocycles. The minimum Gasteiger partial charge on any atom is -0.354 e. The number of anilines is 1. The number of nitrogens with one attached hydrogen (secondary N) is 2. The third-order valence-corrected chi connectivity index (χ3v) is 4.59. The summed E-state index contributed by atoms with van der Waals surface area (Å²) in [6, 6.07) is 1.10. The van der Waals surface area contributed by atoms with Gasteiger partial charge in [0.2, 0.25) is 5.91 Å². The molecule has 2 atom stereocenters. The van der Waals surface area contributed by atoms with Crippen LogP contribution in [0.3, 0.4) is 0 Å². The molecule has 25 heavy (non-hydrogen) atoms. The summed E-state index contributed by atoms with van der Waals surface area (Å²) in [5.41, 5.74) is 0.976. The molecule has 2 N–H and O–H groups in total. The molecule has 1 amide bonds. The van der Waals surface area contributed by atoms with E-state index in [1.807, 2.05) is 13.0 Å². The Morgan fingerprint density at radius 2 is 2.28 bits per heavy atom. The molecule has 1 aromatic heterocycles. The zero-order valence-corrected chi connectivity index (χ0v) is 15.0. The highest BCUT2D eigenvalue weighted by Crippen LogP contribution is 2.25. The summed E-state index contributed by atoms with van der Waals surface area (Å²) < 4.78 is 26.4. The van der Waals surface area contributed by atoms with Crippen LogP contribution in [0, 0.1) is 0 Å². The number of nitrogens with zero attached hydrogens (tertiary/aromatic N) is 3. The maximum absolute atomic E-state index is 13.2. The molecule has 3 heterocycles. The second-order valence-corrected chi connectivity index (χ2v) is 6.51. The Bertz CT molecular complexity index is 604. The first-order valence-electron chi connectivity index (χ1n) is 8.44. The Balaban J connectivity index is 0.00000225. The van der Waals surface area contributed by atoms with Crippen molar-refractivity contribution in [3.63, 3.8) is 0 Å². The number of carbonyl (C=O) groups excluding carboxylic acids is 1. The minimum atomic E-state index is -2.79. The van der Waals surface area contributed by atoms with E-state index in [0.29, 0.717) is 6.54 Å². The van der Waals surface area contributed by atoms with E-state index < -0.39 is 24.9 Å². The van der Waals surface area contributed by atoms with Crippen molar-refractivity contribution < 1.29 is 13.6 Å². The van der Waals surface area contributed by atoms with Gasteiger partial charge in [-0.25, -0.2) is 18.7 Å². The summed E-state index contributed by atoms with van der Waals surface area (Å²) in [6.45, 7) is 3.11. The Labute approximate surface area is 152 Å². The van der Waals surface area contributed by atoms with Gasteiger partial charge in [0, 0.05) is 37.3 Å². The van der Waals surface area contributed by atoms with E-state index in [2.05, 4.69) is 25.5 Å². The highest BCUT2D eigenvalue weighted by molar-refractivity contribution is 5.85. The van der Waals surface area contributed by atoms with E-state index in [4.69, 9.17) is 0 Å². The van der Waals surface area contributed by atoms with Crippen LogP contribution in [-0.4, -0.2) is 53.5 Å². The van der Waals surface area contributed by atoms with Crippen LogP contribution in [-0.2, 0) is 11.2 Å². The van der Waals surface area contributed by atoms with Gasteiger partial charge in [-0.15, -0.1) is 12.4 Å². The van der Waals surface area contributed by atoms with Crippen LogP contribution in [0.15, 0.2) is 12.4 Å².